The van der Waals surface area contributed by atoms with Crippen LogP contribution < -0.4 is 5.32 Å². The molecule has 14 heavy (non-hydrogen) atoms. The lowest BCUT2D eigenvalue weighted by molar-refractivity contribution is -0.125. The van der Waals surface area contributed by atoms with E-state index in [1.165, 1.54) is 12.8 Å². The van der Waals surface area contributed by atoms with Crippen LogP contribution in [-0.2, 0) is 4.79 Å². The summed E-state index contributed by atoms with van der Waals surface area (Å²) in [6.45, 7) is 4.92. The number of nitrogens with zero attached hydrogens (tertiary/aromatic N) is 1. The number of amides is 1. The number of nitrogens with one attached hydrogen (secondary N) is 1. The topological polar surface area (TPSA) is 32.3 Å². The van der Waals surface area contributed by atoms with Crippen molar-refractivity contribution in [2.24, 2.45) is 5.92 Å². The molecular weight excluding hydrogens is 176 g/mol. The lowest BCUT2D eigenvalue weighted by Gasteiger charge is -2.27. The average Bonchev–Trinajstić information content (AvgIpc) is 2.19. The highest BCUT2D eigenvalue weighted by atomic mass is 16.2. The standard InChI is InChI=1S/C11H20N2O/c1-3-5-11(14)13(2)9-10-6-4-7-12-8-10/h3,5,10,12H,4,6-9H2,1-2H3/b5-3+. The third-order valence-corrected chi connectivity index (χ3v) is 2.62. The van der Waals surface area contributed by atoms with Gasteiger partial charge in [0.2, 0.25) is 5.91 Å². The summed E-state index contributed by atoms with van der Waals surface area (Å²) in [6.07, 6.45) is 5.88. The zero-order valence-electron chi connectivity index (χ0n) is 9.12. The maximum atomic E-state index is 11.4. The first-order valence-electron chi connectivity index (χ1n) is 5.32. The first-order valence-corrected chi connectivity index (χ1v) is 5.32. The molecule has 1 saturated heterocycles. The van der Waals surface area contributed by atoms with Crippen molar-refractivity contribution in [3.63, 3.8) is 0 Å². The quantitative estimate of drug-likeness (QED) is 0.684. The van der Waals surface area contributed by atoms with E-state index in [9.17, 15) is 4.79 Å². The van der Waals surface area contributed by atoms with Crippen molar-refractivity contribution in [3.05, 3.63) is 12.2 Å². The number of piperidine rings is 1. The number of rotatable bonds is 3. The second-order valence-corrected chi connectivity index (χ2v) is 3.93. The van der Waals surface area contributed by atoms with Crippen molar-refractivity contribution in [3.8, 4) is 0 Å². The molecule has 80 valence electrons. The van der Waals surface area contributed by atoms with E-state index in [0.29, 0.717) is 5.92 Å². The van der Waals surface area contributed by atoms with E-state index in [1.54, 1.807) is 17.1 Å². The lowest BCUT2D eigenvalue weighted by Crippen LogP contribution is -2.38. The number of carbonyl (C=O) groups excluding carboxylic acids is 1. The van der Waals surface area contributed by atoms with Gasteiger partial charge in [-0.2, -0.15) is 0 Å². The molecule has 0 bridgehead atoms. The molecule has 3 nitrogen and oxygen atoms in total. The maximum Gasteiger partial charge on any atom is 0.245 e. The van der Waals surface area contributed by atoms with Gasteiger partial charge in [0.05, 0.1) is 0 Å². The van der Waals surface area contributed by atoms with Gasteiger partial charge in [-0.3, -0.25) is 4.79 Å². The molecule has 1 atom stereocenters. The number of carbonyl (C=O) groups is 1. The van der Waals surface area contributed by atoms with Crippen LogP contribution in [0.5, 0.6) is 0 Å². The molecule has 0 spiro atoms. The Balaban J connectivity index is 2.31. The molecule has 1 heterocycles. The molecule has 0 saturated carbocycles. The minimum Gasteiger partial charge on any atom is -0.342 e. The normalized spacial score (nSPS) is 22.6. The van der Waals surface area contributed by atoms with E-state index < -0.39 is 0 Å². The lowest BCUT2D eigenvalue weighted by atomic mass is 9.99. The van der Waals surface area contributed by atoms with Crippen LogP contribution >= 0.6 is 0 Å². The Morgan fingerprint density at radius 3 is 3.00 bits per heavy atom. The minimum absolute atomic E-state index is 0.109. The fourth-order valence-corrected chi connectivity index (χ4v) is 1.83. The zero-order valence-corrected chi connectivity index (χ0v) is 9.12. The highest BCUT2D eigenvalue weighted by molar-refractivity contribution is 5.87. The molecule has 1 amide bonds. The Morgan fingerprint density at radius 1 is 1.64 bits per heavy atom. The highest BCUT2D eigenvalue weighted by Gasteiger charge is 2.16. The summed E-state index contributed by atoms with van der Waals surface area (Å²) in [5.74, 6) is 0.737. The van der Waals surface area contributed by atoms with Crippen LogP contribution in [0.15, 0.2) is 12.2 Å². The molecule has 1 N–H and O–H groups in total. The van der Waals surface area contributed by atoms with E-state index in [2.05, 4.69) is 5.32 Å². The smallest absolute Gasteiger partial charge is 0.245 e. The van der Waals surface area contributed by atoms with Crippen LogP contribution in [0.1, 0.15) is 19.8 Å². The van der Waals surface area contributed by atoms with Crippen LogP contribution in [0, 0.1) is 5.92 Å². The SMILES string of the molecule is C/C=C/C(=O)N(C)CC1CCCNC1. The monoisotopic (exact) mass is 196 g/mol. The van der Waals surface area contributed by atoms with E-state index in [-0.39, 0.29) is 5.91 Å². The second-order valence-electron chi connectivity index (χ2n) is 3.93. The van der Waals surface area contributed by atoms with Gasteiger partial charge in [0.1, 0.15) is 0 Å². The van der Waals surface area contributed by atoms with E-state index in [4.69, 9.17) is 0 Å². The summed E-state index contributed by atoms with van der Waals surface area (Å²) >= 11 is 0. The van der Waals surface area contributed by atoms with Crippen LogP contribution in [-0.4, -0.2) is 37.5 Å². The summed E-state index contributed by atoms with van der Waals surface area (Å²) in [7, 11) is 1.87. The fraction of sp³-hybridized carbons (Fsp3) is 0.727. The molecule has 0 aromatic rings. The van der Waals surface area contributed by atoms with Crippen molar-refractivity contribution in [1.82, 2.24) is 10.2 Å². The van der Waals surface area contributed by atoms with Crippen LogP contribution in [0.2, 0.25) is 0 Å². The highest BCUT2D eigenvalue weighted by Crippen LogP contribution is 2.10. The predicted molar refractivity (Wildman–Crippen MR) is 58.0 cm³/mol. The maximum absolute atomic E-state index is 11.4. The molecule has 1 aliphatic heterocycles. The molecule has 1 aliphatic rings. The summed E-state index contributed by atoms with van der Waals surface area (Å²) in [4.78, 5) is 13.2. The number of hydrogen-bond donors (Lipinski definition) is 1. The first kappa shape index (κ1) is 11.2. The van der Waals surface area contributed by atoms with E-state index in [1.807, 2.05) is 14.0 Å². The molecule has 0 aromatic heterocycles. The molecule has 1 unspecified atom stereocenters. The van der Waals surface area contributed by atoms with Gasteiger partial charge in [-0.15, -0.1) is 0 Å². The fourth-order valence-electron chi connectivity index (χ4n) is 1.83. The van der Waals surface area contributed by atoms with Crippen LogP contribution in [0.25, 0.3) is 0 Å². The molecule has 3 heteroatoms. The number of hydrogen-bond acceptors (Lipinski definition) is 2. The largest absolute Gasteiger partial charge is 0.342 e. The summed E-state index contributed by atoms with van der Waals surface area (Å²) < 4.78 is 0. The van der Waals surface area contributed by atoms with Crippen LogP contribution in [0.4, 0.5) is 0 Å². The van der Waals surface area contributed by atoms with Crippen molar-refractivity contribution in [2.45, 2.75) is 19.8 Å². The van der Waals surface area contributed by atoms with E-state index in [0.717, 1.165) is 19.6 Å². The summed E-state index contributed by atoms with van der Waals surface area (Å²) in [5.41, 5.74) is 0. The summed E-state index contributed by atoms with van der Waals surface area (Å²) in [5, 5.41) is 3.36. The van der Waals surface area contributed by atoms with Gasteiger partial charge < -0.3 is 10.2 Å². The summed E-state index contributed by atoms with van der Waals surface area (Å²) in [6, 6.07) is 0. The van der Waals surface area contributed by atoms with Crippen molar-refractivity contribution >= 4 is 5.91 Å². The Labute approximate surface area is 86.2 Å². The van der Waals surface area contributed by atoms with Gasteiger partial charge in [-0.05, 0) is 44.8 Å². The molecule has 0 radical (unpaired) electrons. The average molecular weight is 196 g/mol. The van der Waals surface area contributed by atoms with Crippen LogP contribution in [0.3, 0.4) is 0 Å². The number of allylic oxidation sites excluding steroid dienone is 1. The zero-order chi connectivity index (χ0) is 10.4. The molecular formula is C11H20N2O. The molecule has 0 aromatic carbocycles. The van der Waals surface area contributed by atoms with E-state index >= 15 is 0 Å². The third-order valence-electron chi connectivity index (χ3n) is 2.62. The molecule has 1 rings (SSSR count). The minimum atomic E-state index is 0.109. The Kier molecular flexibility index (Phi) is 4.66. The Hall–Kier alpha value is -0.830. The molecule has 1 fully saturated rings. The van der Waals surface area contributed by atoms with Crippen molar-refractivity contribution in [1.29, 1.82) is 0 Å². The Morgan fingerprint density at radius 2 is 2.43 bits per heavy atom. The second kappa shape index (κ2) is 5.81. The number of likely N-dealkylation sites (N-methyl/N-ethyl adjacent to an activating group) is 1. The van der Waals surface area contributed by atoms with Gasteiger partial charge in [0, 0.05) is 13.6 Å². The van der Waals surface area contributed by atoms with Gasteiger partial charge in [-0.25, -0.2) is 0 Å². The third kappa shape index (κ3) is 3.50. The van der Waals surface area contributed by atoms with Gasteiger partial charge in [0.25, 0.3) is 0 Å². The van der Waals surface area contributed by atoms with Crippen molar-refractivity contribution < 1.29 is 4.79 Å². The predicted octanol–water partition coefficient (Wildman–Crippen LogP) is 1.02. The van der Waals surface area contributed by atoms with Crippen molar-refractivity contribution in [2.75, 3.05) is 26.7 Å². The first-order chi connectivity index (χ1) is 6.74. The van der Waals surface area contributed by atoms with Gasteiger partial charge in [0.15, 0.2) is 0 Å². The molecule has 0 aliphatic carbocycles. The van der Waals surface area contributed by atoms with Gasteiger partial charge in [-0.1, -0.05) is 6.08 Å². The van der Waals surface area contributed by atoms with Gasteiger partial charge >= 0.3 is 0 Å². The Bertz CT molecular complexity index is 207.